The number of aromatic nitrogens is 1. The van der Waals surface area contributed by atoms with Gasteiger partial charge < -0.3 is 15.0 Å². The van der Waals surface area contributed by atoms with Crippen molar-refractivity contribution in [3.8, 4) is 5.75 Å². The Labute approximate surface area is 217 Å². The number of hydrogen-bond acceptors (Lipinski definition) is 3. The zero-order valence-corrected chi connectivity index (χ0v) is 21.4. The number of H-pyrrole nitrogens is 1. The lowest BCUT2D eigenvalue weighted by atomic mass is 9.97. The molecule has 1 saturated carbocycles. The van der Waals surface area contributed by atoms with E-state index in [1.807, 2.05) is 85.9 Å². The molecule has 1 aliphatic carbocycles. The molecule has 37 heavy (non-hydrogen) atoms. The quantitative estimate of drug-likeness (QED) is 0.321. The Bertz CT molecular complexity index is 1400. The number of methoxy groups -OCH3 is 1. The number of nitrogens with one attached hydrogen (secondary N) is 2. The van der Waals surface area contributed by atoms with Gasteiger partial charge in [0, 0.05) is 34.9 Å². The van der Waals surface area contributed by atoms with Gasteiger partial charge in [-0.2, -0.15) is 0 Å². The first-order valence-corrected chi connectivity index (χ1v) is 12.9. The van der Waals surface area contributed by atoms with Crippen molar-refractivity contribution in [3.63, 3.8) is 0 Å². The number of amides is 2. The summed E-state index contributed by atoms with van der Waals surface area (Å²) in [6, 6.07) is 22.4. The molecular weight excluding hydrogens is 462 g/mol. The number of rotatable bonds is 8. The second-order valence-corrected chi connectivity index (χ2v) is 9.75. The van der Waals surface area contributed by atoms with Crippen molar-refractivity contribution in [1.29, 1.82) is 0 Å². The first-order chi connectivity index (χ1) is 18.0. The summed E-state index contributed by atoms with van der Waals surface area (Å²) in [5, 5.41) is 4.26. The zero-order chi connectivity index (χ0) is 25.8. The van der Waals surface area contributed by atoms with Crippen LogP contribution in [-0.4, -0.2) is 29.9 Å². The molecule has 0 radical (unpaired) electrons. The Balaban J connectivity index is 1.60. The maximum absolute atomic E-state index is 14.2. The molecule has 1 unspecified atom stereocenters. The summed E-state index contributed by atoms with van der Waals surface area (Å²) in [4.78, 5) is 33.1. The maximum atomic E-state index is 14.2. The van der Waals surface area contributed by atoms with Crippen LogP contribution in [0.2, 0.25) is 0 Å². The van der Waals surface area contributed by atoms with Gasteiger partial charge in [-0.05, 0) is 54.7 Å². The van der Waals surface area contributed by atoms with Crippen LogP contribution in [-0.2, 0) is 16.0 Å². The van der Waals surface area contributed by atoms with E-state index < -0.39 is 6.04 Å². The second kappa shape index (κ2) is 10.9. The van der Waals surface area contributed by atoms with E-state index in [0.29, 0.717) is 11.4 Å². The minimum Gasteiger partial charge on any atom is -0.497 e. The maximum Gasteiger partial charge on any atom is 0.248 e. The predicted molar refractivity (Wildman–Crippen MR) is 147 cm³/mol. The molecule has 6 nitrogen and oxygen atoms in total. The van der Waals surface area contributed by atoms with Crippen LogP contribution in [0.3, 0.4) is 0 Å². The Kier molecular flexibility index (Phi) is 7.26. The summed E-state index contributed by atoms with van der Waals surface area (Å²) in [7, 11) is 1.60. The van der Waals surface area contributed by atoms with Gasteiger partial charge in [-0.1, -0.05) is 61.4 Å². The molecule has 1 heterocycles. The average Bonchev–Trinajstić information content (AvgIpc) is 3.58. The standard InChI is InChI=1S/C31H33N3O3/c1-21-10-3-6-15-26(21)30(31(36)33-23-11-4-5-12-23)34(24-13-9-14-25(19-24)37-2)29(35)18-22-20-32-28-17-8-7-16-27(22)28/h3,6-10,13-17,19-20,23,30,32H,4-5,11-12,18H2,1-2H3,(H,33,36). The molecule has 5 rings (SSSR count). The van der Waals surface area contributed by atoms with Crippen molar-refractivity contribution in [3.05, 3.63) is 95.7 Å². The van der Waals surface area contributed by atoms with E-state index in [4.69, 9.17) is 4.74 Å². The van der Waals surface area contributed by atoms with Crippen molar-refractivity contribution in [1.82, 2.24) is 10.3 Å². The molecule has 4 aromatic rings. The summed E-state index contributed by atoms with van der Waals surface area (Å²) in [5.74, 6) is 0.311. The van der Waals surface area contributed by atoms with Gasteiger partial charge in [-0.25, -0.2) is 0 Å². The number of aryl methyl sites for hydroxylation is 1. The summed E-state index contributed by atoms with van der Waals surface area (Å²) >= 11 is 0. The highest BCUT2D eigenvalue weighted by atomic mass is 16.5. The minimum absolute atomic E-state index is 0.134. The van der Waals surface area contributed by atoms with Gasteiger partial charge in [0.15, 0.2) is 0 Å². The molecule has 1 aliphatic rings. The van der Waals surface area contributed by atoms with Crippen LogP contribution < -0.4 is 15.0 Å². The molecule has 6 heteroatoms. The predicted octanol–water partition coefficient (Wildman–Crippen LogP) is 5.86. The monoisotopic (exact) mass is 495 g/mol. The number of para-hydroxylation sites is 1. The molecule has 0 aliphatic heterocycles. The normalized spacial score (nSPS) is 14.4. The number of nitrogens with zero attached hydrogens (tertiary/aromatic N) is 1. The van der Waals surface area contributed by atoms with E-state index >= 15 is 0 Å². The highest BCUT2D eigenvalue weighted by Crippen LogP contribution is 2.33. The van der Waals surface area contributed by atoms with E-state index in [-0.39, 0.29) is 24.3 Å². The largest absolute Gasteiger partial charge is 0.497 e. The molecule has 0 saturated heterocycles. The SMILES string of the molecule is COc1cccc(N(C(=O)Cc2c[nH]c3ccccc23)C(C(=O)NC2CCCC2)c2ccccc2C)c1. The molecule has 1 aromatic heterocycles. The van der Waals surface area contributed by atoms with Crippen LogP contribution in [0.1, 0.15) is 48.4 Å². The summed E-state index contributed by atoms with van der Waals surface area (Å²) in [5.41, 5.74) is 4.27. The second-order valence-electron chi connectivity index (χ2n) is 9.75. The number of aromatic amines is 1. The Morgan fingerprint density at radius 1 is 1.03 bits per heavy atom. The van der Waals surface area contributed by atoms with Gasteiger partial charge in [0.05, 0.1) is 13.5 Å². The number of benzene rings is 3. The van der Waals surface area contributed by atoms with E-state index in [0.717, 1.165) is 53.3 Å². The number of hydrogen-bond donors (Lipinski definition) is 2. The Morgan fingerprint density at radius 3 is 2.57 bits per heavy atom. The van der Waals surface area contributed by atoms with Crippen molar-refractivity contribution in [2.45, 2.75) is 51.1 Å². The van der Waals surface area contributed by atoms with Gasteiger partial charge in [0.25, 0.3) is 0 Å². The van der Waals surface area contributed by atoms with Gasteiger partial charge in [0.2, 0.25) is 11.8 Å². The van der Waals surface area contributed by atoms with Gasteiger partial charge in [0.1, 0.15) is 11.8 Å². The van der Waals surface area contributed by atoms with E-state index in [1.54, 1.807) is 12.0 Å². The van der Waals surface area contributed by atoms with E-state index in [2.05, 4.69) is 10.3 Å². The van der Waals surface area contributed by atoms with Gasteiger partial charge in [-0.15, -0.1) is 0 Å². The van der Waals surface area contributed by atoms with Gasteiger partial charge in [-0.3, -0.25) is 14.5 Å². The minimum atomic E-state index is -0.813. The van der Waals surface area contributed by atoms with Crippen molar-refractivity contribution >= 4 is 28.4 Å². The summed E-state index contributed by atoms with van der Waals surface area (Å²) in [6.45, 7) is 1.99. The third kappa shape index (κ3) is 5.24. The third-order valence-corrected chi connectivity index (χ3v) is 7.31. The van der Waals surface area contributed by atoms with Gasteiger partial charge >= 0.3 is 0 Å². The van der Waals surface area contributed by atoms with Crippen LogP contribution in [0.15, 0.2) is 79.0 Å². The van der Waals surface area contributed by atoms with Crippen LogP contribution in [0, 0.1) is 6.92 Å². The van der Waals surface area contributed by atoms with Crippen LogP contribution in [0.5, 0.6) is 5.75 Å². The summed E-state index contributed by atoms with van der Waals surface area (Å²) < 4.78 is 5.48. The van der Waals surface area contributed by atoms with Crippen molar-refractivity contribution < 1.29 is 14.3 Å². The fraction of sp³-hybridized carbons (Fsp3) is 0.290. The number of fused-ring (bicyclic) bond motifs is 1. The van der Waals surface area contributed by atoms with E-state index in [9.17, 15) is 9.59 Å². The van der Waals surface area contributed by atoms with Crippen molar-refractivity contribution in [2.24, 2.45) is 0 Å². The number of carbonyl (C=O) groups is 2. The topological polar surface area (TPSA) is 74.4 Å². The molecule has 2 amide bonds. The highest BCUT2D eigenvalue weighted by molar-refractivity contribution is 6.03. The Morgan fingerprint density at radius 2 is 1.78 bits per heavy atom. The molecule has 0 bridgehead atoms. The van der Waals surface area contributed by atoms with Crippen LogP contribution >= 0.6 is 0 Å². The highest BCUT2D eigenvalue weighted by Gasteiger charge is 2.35. The molecule has 190 valence electrons. The Hall–Kier alpha value is -4.06. The molecule has 0 spiro atoms. The fourth-order valence-corrected chi connectivity index (χ4v) is 5.36. The van der Waals surface area contributed by atoms with Crippen LogP contribution in [0.4, 0.5) is 5.69 Å². The van der Waals surface area contributed by atoms with Crippen LogP contribution in [0.25, 0.3) is 10.9 Å². The molecular formula is C31H33N3O3. The van der Waals surface area contributed by atoms with E-state index in [1.165, 1.54) is 0 Å². The molecule has 3 aromatic carbocycles. The number of ether oxygens (including phenoxy) is 1. The molecule has 1 atom stereocenters. The zero-order valence-electron chi connectivity index (χ0n) is 21.4. The smallest absolute Gasteiger partial charge is 0.248 e. The average molecular weight is 496 g/mol. The lowest BCUT2D eigenvalue weighted by molar-refractivity contribution is -0.127. The third-order valence-electron chi connectivity index (χ3n) is 7.31. The lowest BCUT2D eigenvalue weighted by Gasteiger charge is -2.33. The molecule has 1 fully saturated rings. The van der Waals surface area contributed by atoms with Crippen molar-refractivity contribution in [2.75, 3.05) is 12.0 Å². The first kappa shape index (κ1) is 24.6. The number of carbonyl (C=O) groups excluding carboxylic acids is 2. The summed E-state index contributed by atoms with van der Waals surface area (Å²) in [6.07, 6.45) is 6.19. The molecule has 2 N–H and O–H groups in total. The fourth-order valence-electron chi connectivity index (χ4n) is 5.36. The first-order valence-electron chi connectivity index (χ1n) is 12.9. The lowest BCUT2D eigenvalue weighted by Crippen LogP contribution is -2.47. The number of anilines is 1.